The number of nitrogens with zero attached hydrogens (tertiary/aromatic N) is 1. The van der Waals surface area contributed by atoms with E-state index in [9.17, 15) is 4.79 Å². The minimum Gasteiger partial charge on any atom is -0.472 e. The zero-order chi connectivity index (χ0) is 13.1. The van der Waals surface area contributed by atoms with Crippen LogP contribution in [-0.4, -0.2) is 16.1 Å². The van der Waals surface area contributed by atoms with Crippen molar-refractivity contribution in [2.45, 2.75) is 38.6 Å². The first-order chi connectivity index (χ1) is 9.34. The van der Waals surface area contributed by atoms with E-state index in [-0.39, 0.29) is 5.91 Å². The van der Waals surface area contributed by atoms with Crippen LogP contribution in [0.4, 0.5) is 0 Å². The van der Waals surface area contributed by atoms with Gasteiger partial charge in [0.15, 0.2) is 0 Å². The number of amides is 1. The van der Waals surface area contributed by atoms with Crippen molar-refractivity contribution < 1.29 is 9.21 Å². The van der Waals surface area contributed by atoms with Gasteiger partial charge < -0.3 is 9.73 Å². The average molecular weight is 259 g/mol. The molecule has 1 amide bonds. The van der Waals surface area contributed by atoms with Gasteiger partial charge in [0.2, 0.25) is 0 Å². The molecule has 1 aliphatic rings. The topological polar surface area (TPSA) is 70.9 Å². The Bertz CT molecular complexity index is 557. The quantitative estimate of drug-likeness (QED) is 0.830. The molecule has 0 unspecified atom stereocenters. The maximum atomic E-state index is 11.8. The molecule has 1 aliphatic carbocycles. The molecule has 2 N–H and O–H groups in total. The predicted molar refractivity (Wildman–Crippen MR) is 69.7 cm³/mol. The van der Waals surface area contributed by atoms with E-state index in [0.29, 0.717) is 12.1 Å². The van der Waals surface area contributed by atoms with Crippen LogP contribution < -0.4 is 5.32 Å². The smallest absolute Gasteiger partial charge is 0.254 e. The monoisotopic (exact) mass is 259 g/mol. The van der Waals surface area contributed by atoms with Crippen molar-refractivity contribution in [1.82, 2.24) is 15.5 Å². The number of fused-ring (bicyclic) bond motifs is 1. The first kappa shape index (κ1) is 12.0. The highest BCUT2D eigenvalue weighted by molar-refractivity contribution is 5.93. The van der Waals surface area contributed by atoms with Crippen molar-refractivity contribution in [3.05, 3.63) is 41.1 Å². The zero-order valence-corrected chi connectivity index (χ0v) is 10.7. The number of aromatic amines is 1. The summed E-state index contributed by atoms with van der Waals surface area (Å²) >= 11 is 0. The van der Waals surface area contributed by atoms with E-state index in [1.165, 1.54) is 43.0 Å². The number of aryl methyl sites for hydroxylation is 1. The Morgan fingerprint density at radius 3 is 3.11 bits per heavy atom. The number of aromatic nitrogens is 2. The number of carbonyl (C=O) groups is 1. The van der Waals surface area contributed by atoms with Gasteiger partial charge in [-0.05, 0) is 37.3 Å². The van der Waals surface area contributed by atoms with Crippen molar-refractivity contribution in [3.8, 4) is 0 Å². The molecule has 0 bridgehead atoms. The highest BCUT2D eigenvalue weighted by Crippen LogP contribution is 2.21. The molecule has 0 atom stereocenters. The fourth-order valence-corrected chi connectivity index (χ4v) is 2.53. The molecule has 0 radical (unpaired) electrons. The second-order valence-electron chi connectivity index (χ2n) is 4.88. The van der Waals surface area contributed by atoms with Gasteiger partial charge in [0.05, 0.1) is 24.1 Å². The fraction of sp³-hybridized carbons (Fsp3) is 0.429. The number of furan rings is 1. The van der Waals surface area contributed by atoms with Crippen LogP contribution in [0.1, 0.15) is 46.6 Å². The van der Waals surface area contributed by atoms with Gasteiger partial charge in [-0.3, -0.25) is 9.89 Å². The summed E-state index contributed by atoms with van der Waals surface area (Å²) < 4.78 is 4.90. The van der Waals surface area contributed by atoms with E-state index in [0.717, 1.165) is 18.5 Å². The second kappa shape index (κ2) is 5.30. The minimum atomic E-state index is -0.126. The van der Waals surface area contributed by atoms with Crippen LogP contribution in [0.25, 0.3) is 0 Å². The summed E-state index contributed by atoms with van der Waals surface area (Å²) in [4.78, 5) is 11.8. The number of rotatable bonds is 3. The Hall–Kier alpha value is -2.04. The lowest BCUT2D eigenvalue weighted by atomic mass is 10.1. The summed E-state index contributed by atoms with van der Waals surface area (Å²) in [5.74, 6) is -0.126. The largest absolute Gasteiger partial charge is 0.472 e. The van der Waals surface area contributed by atoms with Crippen LogP contribution in [0.15, 0.2) is 23.0 Å². The number of carbonyl (C=O) groups excluding carboxylic acids is 1. The van der Waals surface area contributed by atoms with Gasteiger partial charge in [-0.1, -0.05) is 6.42 Å². The highest BCUT2D eigenvalue weighted by atomic mass is 16.3. The summed E-state index contributed by atoms with van der Waals surface area (Å²) in [5, 5.41) is 10.3. The van der Waals surface area contributed by atoms with Gasteiger partial charge in [0.25, 0.3) is 5.91 Å². The van der Waals surface area contributed by atoms with E-state index in [1.54, 1.807) is 6.07 Å². The van der Waals surface area contributed by atoms with Gasteiger partial charge in [-0.2, -0.15) is 5.10 Å². The number of H-pyrrole nitrogens is 1. The molecule has 100 valence electrons. The molecule has 5 nitrogen and oxygen atoms in total. The molecule has 19 heavy (non-hydrogen) atoms. The molecule has 0 fully saturated rings. The molecule has 0 aliphatic heterocycles. The number of hydrogen-bond acceptors (Lipinski definition) is 3. The molecule has 5 heteroatoms. The van der Waals surface area contributed by atoms with Gasteiger partial charge in [-0.15, -0.1) is 0 Å². The average Bonchev–Trinajstić information content (AvgIpc) is 3.02. The van der Waals surface area contributed by atoms with E-state index >= 15 is 0 Å². The standard InChI is InChI=1S/C14H17N3O2/c18-14(10-6-7-19-9-10)15-8-13-11-4-2-1-3-5-12(11)16-17-13/h6-7,9H,1-5,8H2,(H,15,18)(H,16,17). The highest BCUT2D eigenvalue weighted by Gasteiger charge is 2.16. The first-order valence-corrected chi connectivity index (χ1v) is 6.70. The molecule has 2 aromatic rings. The van der Waals surface area contributed by atoms with Crippen LogP contribution in [0, 0.1) is 0 Å². The van der Waals surface area contributed by atoms with Crippen LogP contribution in [0.5, 0.6) is 0 Å². The zero-order valence-electron chi connectivity index (χ0n) is 10.7. The SMILES string of the molecule is O=C(NCc1n[nH]c2c1CCCCC2)c1ccoc1. The normalized spacial score (nSPS) is 14.7. The van der Waals surface area contributed by atoms with Gasteiger partial charge in [-0.25, -0.2) is 0 Å². The van der Waals surface area contributed by atoms with E-state index in [4.69, 9.17) is 4.42 Å². The lowest BCUT2D eigenvalue weighted by Crippen LogP contribution is -2.23. The number of nitrogens with one attached hydrogen (secondary N) is 2. The molecular formula is C14H17N3O2. The van der Waals surface area contributed by atoms with Crippen molar-refractivity contribution >= 4 is 5.91 Å². The Balaban J connectivity index is 1.67. The second-order valence-corrected chi connectivity index (χ2v) is 4.88. The van der Waals surface area contributed by atoms with Crippen LogP contribution in [-0.2, 0) is 19.4 Å². The Kier molecular flexibility index (Phi) is 3.35. The molecule has 2 heterocycles. The van der Waals surface area contributed by atoms with Crippen molar-refractivity contribution in [2.24, 2.45) is 0 Å². The Morgan fingerprint density at radius 2 is 2.26 bits per heavy atom. The molecule has 0 aromatic carbocycles. The van der Waals surface area contributed by atoms with E-state index < -0.39 is 0 Å². The number of hydrogen-bond donors (Lipinski definition) is 2. The summed E-state index contributed by atoms with van der Waals surface area (Å²) in [6, 6.07) is 1.65. The minimum absolute atomic E-state index is 0.126. The van der Waals surface area contributed by atoms with Crippen LogP contribution >= 0.6 is 0 Å². The molecule has 3 rings (SSSR count). The lowest BCUT2D eigenvalue weighted by molar-refractivity contribution is 0.0949. The molecule has 0 spiro atoms. The summed E-state index contributed by atoms with van der Waals surface area (Å²) in [6.07, 6.45) is 8.76. The van der Waals surface area contributed by atoms with Crippen LogP contribution in [0.2, 0.25) is 0 Å². The predicted octanol–water partition coefficient (Wildman–Crippen LogP) is 2.20. The third-order valence-electron chi connectivity index (χ3n) is 3.59. The van der Waals surface area contributed by atoms with Gasteiger partial charge >= 0.3 is 0 Å². The Labute approximate surface area is 111 Å². The van der Waals surface area contributed by atoms with Crippen molar-refractivity contribution in [3.63, 3.8) is 0 Å². The molecule has 0 saturated heterocycles. The lowest BCUT2D eigenvalue weighted by Gasteiger charge is -2.04. The third kappa shape index (κ3) is 2.54. The van der Waals surface area contributed by atoms with Crippen LogP contribution in [0.3, 0.4) is 0 Å². The summed E-state index contributed by atoms with van der Waals surface area (Å²) in [7, 11) is 0. The molecule has 0 saturated carbocycles. The third-order valence-corrected chi connectivity index (χ3v) is 3.59. The summed E-state index contributed by atoms with van der Waals surface area (Å²) in [5.41, 5.74) is 4.05. The maximum Gasteiger partial charge on any atom is 0.254 e. The summed E-state index contributed by atoms with van der Waals surface area (Å²) in [6.45, 7) is 0.468. The van der Waals surface area contributed by atoms with E-state index in [1.807, 2.05) is 0 Å². The van der Waals surface area contributed by atoms with Crippen molar-refractivity contribution in [2.75, 3.05) is 0 Å². The van der Waals surface area contributed by atoms with Gasteiger partial charge in [0.1, 0.15) is 6.26 Å². The fourth-order valence-electron chi connectivity index (χ4n) is 2.53. The Morgan fingerprint density at radius 1 is 1.37 bits per heavy atom. The first-order valence-electron chi connectivity index (χ1n) is 6.70. The maximum absolute atomic E-state index is 11.8. The van der Waals surface area contributed by atoms with Crippen molar-refractivity contribution in [1.29, 1.82) is 0 Å². The van der Waals surface area contributed by atoms with Gasteiger partial charge in [0, 0.05) is 5.69 Å². The molecule has 2 aromatic heterocycles. The van der Waals surface area contributed by atoms with E-state index in [2.05, 4.69) is 15.5 Å². The molecular weight excluding hydrogens is 242 g/mol.